The molecule has 3 N–H and O–H groups in total. The van der Waals surface area contributed by atoms with Crippen LogP contribution in [0.2, 0.25) is 0 Å². The fourth-order valence-electron chi connectivity index (χ4n) is 1.22. The first-order valence-corrected chi connectivity index (χ1v) is 3.65. The summed E-state index contributed by atoms with van der Waals surface area (Å²) in [6.07, 6.45) is 3.92. The maximum absolute atomic E-state index is 5.65. The second-order valence-corrected chi connectivity index (χ2v) is 2.63. The molecule has 1 aliphatic rings. The van der Waals surface area contributed by atoms with Crippen LogP contribution in [0.5, 0.6) is 0 Å². The standard InChI is InChI=1S/C9H10N2/c10-9-5-7-3-1-2-4-8(7)6-11-9/h1-6,9,11H,10H2. The van der Waals surface area contributed by atoms with Gasteiger partial charge in [-0.25, -0.2) is 0 Å². The van der Waals surface area contributed by atoms with Gasteiger partial charge in [-0.15, -0.1) is 0 Å². The second-order valence-electron chi connectivity index (χ2n) is 2.63. The third-order valence-corrected chi connectivity index (χ3v) is 1.79. The molecule has 2 nitrogen and oxygen atoms in total. The van der Waals surface area contributed by atoms with Gasteiger partial charge < -0.3 is 11.1 Å². The van der Waals surface area contributed by atoms with Crippen LogP contribution >= 0.6 is 0 Å². The van der Waals surface area contributed by atoms with Crippen molar-refractivity contribution in [2.75, 3.05) is 0 Å². The van der Waals surface area contributed by atoms with E-state index in [0.717, 1.165) is 0 Å². The summed E-state index contributed by atoms with van der Waals surface area (Å²) in [4.78, 5) is 0. The van der Waals surface area contributed by atoms with Crippen LogP contribution in [-0.2, 0) is 0 Å². The molecule has 0 aliphatic carbocycles. The van der Waals surface area contributed by atoms with Gasteiger partial charge in [0.1, 0.15) is 0 Å². The zero-order valence-electron chi connectivity index (χ0n) is 6.12. The predicted molar refractivity (Wildman–Crippen MR) is 45.7 cm³/mol. The van der Waals surface area contributed by atoms with E-state index in [1.54, 1.807) is 0 Å². The Bertz CT molecular complexity index is 367. The minimum absolute atomic E-state index is 0.0371. The van der Waals surface area contributed by atoms with Gasteiger partial charge in [0.2, 0.25) is 0 Å². The molecule has 0 radical (unpaired) electrons. The number of rotatable bonds is 0. The Labute approximate surface area is 65.0 Å². The number of nitrogens with two attached hydrogens (primary N) is 1. The number of benzene rings is 1. The summed E-state index contributed by atoms with van der Waals surface area (Å²) in [6, 6.07) is 8.15. The van der Waals surface area contributed by atoms with Gasteiger partial charge in [-0.1, -0.05) is 24.3 Å². The highest BCUT2D eigenvalue weighted by Crippen LogP contribution is 1.80. The zero-order valence-corrected chi connectivity index (χ0v) is 6.12. The Hall–Kier alpha value is -1.28. The van der Waals surface area contributed by atoms with Crippen LogP contribution < -0.4 is 21.5 Å². The van der Waals surface area contributed by atoms with Crippen molar-refractivity contribution in [1.82, 2.24) is 5.32 Å². The van der Waals surface area contributed by atoms with E-state index in [4.69, 9.17) is 5.73 Å². The molecule has 2 rings (SSSR count). The van der Waals surface area contributed by atoms with Crippen LogP contribution in [0.25, 0.3) is 12.3 Å². The molecule has 0 bridgehead atoms. The first-order chi connectivity index (χ1) is 5.36. The van der Waals surface area contributed by atoms with Crippen molar-refractivity contribution in [1.29, 1.82) is 0 Å². The summed E-state index contributed by atoms with van der Waals surface area (Å²) in [5.74, 6) is 0. The van der Waals surface area contributed by atoms with Crippen LogP contribution in [0.4, 0.5) is 0 Å². The van der Waals surface area contributed by atoms with Crippen molar-refractivity contribution >= 4 is 12.3 Å². The lowest BCUT2D eigenvalue weighted by Gasteiger charge is -2.10. The third kappa shape index (κ3) is 1.12. The molecule has 0 fully saturated rings. The van der Waals surface area contributed by atoms with E-state index in [1.807, 2.05) is 24.4 Å². The van der Waals surface area contributed by atoms with Gasteiger partial charge in [-0.3, -0.25) is 0 Å². The average Bonchev–Trinajstić information content (AvgIpc) is 2.04. The highest BCUT2D eigenvalue weighted by atomic mass is 15.0. The Balaban J connectivity index is 2.73. The van der Waals surface area contributed by atoms with Crippen LogP contribution in [0.1, 0.15) is 0 Å². The molecule has 11 heavy (non-hydrogen) atoms. The Kier molecular flexibility index (Phi) is 1.40. The monoisotopic (exact) mass is 146 g/mol. The number of fused-ring (bicyclic) bond motifs is 1. The van der Waals surface area contributed by atoms with E-state index in [-0.39, 0.29) is 6.17 Å². The molecule has 0 saturated carbocycles. The quantitative estimate of drug-likeness (QED) is 0.497. The summed E-state index contributed by atoms with van der Waals surface area (Å²) in [5.41, 5.74) is 5.65. The average molecular weight is 146 g/mol. The van der Waals surface area contributed by atoms with Crippen molar-refractivity contribution in [3.63, 3.8) is 0 Å². The molecule has 0 spiro atoms. The van der Waals surface area contributed by atoms with Crippen molar-refractivity contribution in [3.05, 3.63) is 34.7 Å². The number of hydrogen-bond donors (Lipinski definition) is 2. The van der Waals surface area contributed by atoms with Gasteiger partial charge in [-0.05, 0) is 16.5 Å². The molecule has 1 aliphatic heterocycles. The van der Waals surface area contributed by atoms with E-state index in [1.165, 1.54) is 10.4 Å². The highest BCUT2D eigenvalue weighted by Gasteiger charge is 1.97. The molecular formula is C9H10N2. The maximum atomic E-state index is 5.65. The topological polar surface area (TPSA) is 38.0 Å². The largest absolute Gasteiger partial charge is 0.372 e. The predicted octanol–water partition coefficient (Wildman–Crippen LogP) is -0.907. The molecule has 0 amide bonds. The number of hydrogen-bond acceptors (Lipinski definition) is 2. The molecule has 1 unspecified atom stereocenters. The van der Waals surface area contributed by atoms with Gasteiger partial charge in [0, 0.05) is 6.20 Å². The lowest BCUT2D eigenvalue weighted by atomic mass is 10.2. The van der Waals surface area contributed by atoms with E-state index in [9.17, 15) is 0 Å². The van der Waals surface area contributed by atoms with Gasteiger partial charge >= 0.3 is 0 Å². The summed E-state index contributed by atoms with van der Waals surface area (Å²) < 4.78 is 0. The summed E-state index contributed by atoms with van der Waals surface area (Å²) in [5, 5.41) is 5.45. The van der Waals surface area contributed by atoms with E-state index >= 15 is 0 Å². The fraction of sp³-hybridized carbons (Fsp3) is 0.111. The Morgan fingerprint density at radius 2 is 1.91 bits per heavy atom. The Morgan fingerprint density at radius 1 is 1.18 bits per heavy atom. The molecule has 56 valence electrons. The normalized spacial score (nSPS) is 20.6. The molecule has 1 aromatic carbocycles. The fourth-order valence-corrected chi connectivity index (χ4v) is 1.22. The summed E-state index contributed by atoms with van der Waals surface area (Å²) in [7, 11) is 0. The minimum Gasteiger partial charge on any atom is -0.372 e. The van der Waals surface area contributed by atoms with E-state index in [0.29, 0.717) is 0 Å². The van der Waals surface area contributed by atoms with Gasteiger partial charge in [0.05, 0.1) is 6.17 Å². The van der Waals surface area contributed by atoms with Crippen molar-refractivity contribution < 1.29 is 0 Å². The molecule has 0 saturated heterocycles. The number of nitrogens with one attached hydrogen (secondary N) is 1. The molecular weight excluding hydrogens is 136 g/mol. The van der Waals surface area contributed by atoms with E-state index in [2.05, 4.69) is 17.4 Å². The van der Waals surface area contributed by atoms with Gasteiger partial charge in [-0.2, -0.15) is 0 Å². The summed E-state index contributed by atoms with van der Waals surface area (Å²) >= 11 is 0. The third-order valence-electron chi connectivity index (χ3n) is 1.79. The second kappa shape index (κ2) is 2.40. The molecule has 0 aromatic heterocycles. The highest BCUT2D eigenvalue weighted by molar-refractivity contribution is 5.40. The first kappa shape index (κ1) is 6.43. The SMILES string of the molecule is NC1C=c2ccccc2=CN1. The van der Waals surface area contributed by atoms with Gasteiger partial charge in [0.25, 0.3) is 0 Å². The molecule has 2 heteroatoms. The molecule has 1 atom stereocenters. The van der Waals surface area contributed by atoms with Crippen LogP contribution in [-0.4, -0.2) is 6.17 Å². The van der Waals surface area contributed by atoms with Crippen molar-refractivity contribution in [3.8, 4) is 0 Å². The van der Waals surface area contributed by atoms with Crippen LogP contribution in [0, 0.1) is 0 Å². The molecule has 1 heterocycles. The van der Waals surface area contributed by atoms with E-state index < -0.39 is 0 Å². The Morgan fingerprint density at radius 3 is 2.73 bits per heavy atom. The smallest absolute Gasteiger partial charge is 0.0940 e. The lowest BCUT2D eigenvalue weighted by Crippen LogP contribution is -2.42. The van der Waals surface area contributed by atoms with Crippen molar-refractivity contribution in [2.24, 2.45) is 5.73 Å². The molecule has 1 aromatic rings. The first-order valence-electron chi connectivity index (χ1n) is 3.65. The van der Waals surface area contributed by atoms with Crippen molar-refractivity contribution in [2.45, 2.75) is 6.17 Å². The maximum Gasteiger partial charge on any atom is 0.0940 e. The summed E-state index contributed by atoms with van der Waals surface area (Å²) in [6.45, 7) is 0. The zero-order chi connectivity index (χ0) is 7.68. The minimum atomic E-state index is -0.0371. The lowest BCUT2D eigenvalue weighted by molar-refractivity contribution is 0.790. The van der Waals surface area contributed by atoms with Crippen LogP contribution in [0.15, 0.2) is 24.3 Å². The van der Waals surface area contributed by atoms with Gasteiger partial charge in [0.15, 0.2) is 0 Å². The van der Waals surface area contributed by atoms with Crippen LogP contribution in [0.3, 0.4) is 0 Å².